The summed E-state index contributed by atoms with van der Waals surface area (Å²) in [5.41, 5.74) is -2.65. The van der Waals surface area contributed by atoms with Gasteiger partial charge in [0.25, 0.3) is 5.91 Å². The SMILES string of the molecule is Cc1nc2ccc(OC(F)(F)F)cc2c2c1OC1(CC2)CC2C(=O)NC3(C(=O)NS(=O)(=O)C4(C)CC4)C#CC3C=CCCCCCC(NC(=O)OC(C)(C)C)C(=O)N2C1. The summed E-state index contributed by atoms with van der Waals surface area (Å²) in [5.74, 6) is 2.20. The van der Waals surface area contributed by atoms with Gasteiger partial charge in [-0.15, -0.1) is 13.2 Å². The number of alkyl halides is 3. The van der Waals surface area contributed by atoms with E-state index in [0.717, 1.165) is 0 Å². The number of allylic oxidation sites excluding steroid dienone is 1. The van der Waals surface area contributed by atoms with Crippen LogP contribution in [0.3, 0.4) is 0 Å². The highest BCUT2D eigenvalue weighted by molar-refractivity contribution is 7.91. The molecule has 18 heteroatoms. The van der Waals surface area contributed by atoms with Crippen molar-refractivity contribution in [3.8, 4) is 23.3 Å². The van der Waals surface area contributed by atoms with Crippen molar-refractivity contribution in [1.29, 1.82) is 0 Å². The molecule has 59 heavy (non-hydrogen) atoms. The van der Waals surface area contributed by atoms with Crippen LogP contribution < -0.4 is 24.8 Å². The molecule has 318 valence electrons. The molecule has 4 amide bonds. The number of fused-ring (bicyclic) bond motifs is 5. The Hall–Kier alpha value is -5.05. The number of nitrogens with zero attached hydrogens (tertiary/aromatic N) is 2. The fourth-order valence-corrected chi connectivity index (χ4v) is 9.42. The predicted molar refractivity (Wildman–Crippen MR) is 207 cm³/mol. The van der Waals surface area contributed by atoms with Crippen LogP contribution in [0.25, 0.3) is 10.9 Å². The monoisotopic (exact) mass is 843 g/mol. The molecule has 5 aliphatic rings. The summed E-state index contributed by atoms with van der Waals surface area (Å²) in [6.45, 7) is 8.12. The quantitative estimate of drug-likeness (QED) is 0.274. The number of pyridine rings is 1. The maximum absolute atomic E-state index is 14.8. The lowest BCUT2D eigenvalue weighted by Gasteiger charge is -2.38. The van der Waals surface area contributed by atoms with E-state index in [1.807, 2.05) is 6.08 Å². The van der Waals surface area contributed by atoms with Gasteiger partial charge in [0.1, 0.15) is 34.8 Å². The Morgan fingerprint density at radius 1 is 1.10 bits per heavy atom. The molecule has 1 aromatic carbocycles. The number of carbonyl (C=O) groups is 4. The highest BCUT2D eigenvalue weighted by atomic mass is 32.2. The number of benzene rings is 1. The third-order valence-electron chi connectivity index (χ3n) is 11.6. The van der Waals surface area contributed by atoms with Gasteiger partial charge in [-0.1, -0.05) is 36.8 Å². The number of aryl methyl sites for hydroxylation is 2. The fourth-order valence-electron chi connectivity index (χ4n) is 8.13. The molecule has 0 radical (unpaired) electrons. The number of ether oxygens (including phenoxy) is 3. The van der Waals surface area contributed by atoms with E-state index in [-0.39, 0.29) is 38.0 Å². The Morgan fingerprint density at radius 2 is 1.85 bits per heavy atom. The maximum atomic E-state index is 14.8. The van der Waals surface area contributed by atoms with Crippen molar-refractivity contribution in [2.45, 2.75) is 139 Å². The van der Waals surface area contributed by atoms with Gasteiger partial charge in [-0.3, -0.25) is 14.4 Å². The highest BCUT2D eigenvalue weighted by Crippen LogP contribution is 2.46. The first kappa shape index (κ1) is 42.1. The molecule has 2 aromatic rings. The standard InChI is InChI=1S/C41H48F3N5O9S/c1-24-32-27(28-21-26(56-41(42,43)44)13-14-29(28)45-24)16-17-39(57-32)22-31-33(50)47-40(35(52)48-59(54,55)38(5)19-20-38)18-15-25(40)11-9-7-6-8-10-12-30(34(51)49(31)23-39)46-36(53)58-37(2,3)4/h9,11,13-14,21,25,30-31H,6-8,10,12,16-17,19-20,22-23H2,1-5H3,(H,46,53)(H,47,50)(H,48,52). The summed E-state index contributed by atoms with van der Waals surface area (Å²) in [6.07, 6.45) is 1.56. The molecule has 1 aromatic heterocycles. The van der Waals surface area contributed by atoms with Gasteiger partial charge in [0.2, 0.25) is 21.8 Å². The normalized spacial score (nSPS) is 27.9. The highest BCUT2D eigenvalue weighted by Gasteiger charge is 2.58. The van der Waals surface area contributed by atoms with E-state index < -0.39 is 85.4 Å². The van der Waals surface area contributed by atoms with Crippen molar-refractivity contribution in [2.75, 3.05) is 6.54 Å². The van der Waals surface area contributed by atoms with Crippen molar-refractivity contribution in [3.63, 3.8) is 0 Å². The minimum atomic E-state index is -4.92. The zero-order valence-electron chi connectivity index (χ0n) is 33.5. The second-order valence-corrected chi connectivity index (χ2v) is 19.6. The lowest BCUT2D eigenvalue weighted by molar-refractivity contribution is -0.274. The van der Waals surface area contributed by atoms with Crippen molar-refractivity contribution >= 4 is 44.7 Å². The number of amides is 4. The van der Waals surface area contributed by atoms with Gasteiger partial charge in [0.05, 0.1) is 28.4 Å². The van der Waals surface area contributed by atoms with Crippen molar-refractivity contribution in [3.05, 3.63) is 41.6 Å². The van der Waals surface area contributed by atoms with E-state index in [0.29, 0.717) is 60.7 Å². The Balaban J connectivity index is 1.26. The van der Waals surface area contributed by atoms with Gasteiger partial charge < -0.3 is 29.7 Å². The summed E-state index contributed by atoms with van der Waals surface area (Å²) in [5, 5.41) is 5.85. The Morgan fingerprint density at radius 3 is 2.51 bits per heavy atom. The molecule has 2 aliphatic carbocycles. The topological polar surface area (TPSA) is 182 Å². The second kappa shape index (κ2) is 14.9. The molecule has 1 spiro atoms. The molecular weight excluding hydrogens is 796 g/mol. The Labute approximate surface area is 340 Å². The van der Waals surface area contributed by atoms with Crippen LogP contribution in [0, 0.1) is 24.7 Å². The van der Waals surface area contributed by atoms with Gasteiger partial charge in [-0.2, -0.15) is 0 Å². The zero-order valence-corrected chi connectivity index (χ0v) is 34.3. The molecule has 4 heterocycles. The average Bonchev–Trinajstić information content (AvgIpc) is 3.79. The molecule has 3 aliphatic heterocycles. The molecule has 1 saturated carbocycles. The molecule has 2 fully saturated rings. The number of aromatic nitrogens is 1. The summed E-state index contributed by atoms with van der Waals surface area (Å²) in [4.78, 5) is 62.5. The van der Waals surface area contributed by atoms with Gasteiger partial charge in [0.15, 0.2) is 5.54 Å². The van der Waals surface area contributed by atoms with Crippen LogP contribution in [-0.2, 0) is 35.6 Å². The smallest absolute Gasteiger partial charge is 0.483 e. The first-order chi connectivity index (χ1) is 27.5. The molecule has 14 nitrogen and oxygen atoms in total. The van der Waals surface area contributed by atoms with Crippen molar-refractivity contribution < 1.29 is 55.0 Å². The molecular formula is C41H48F3N5O9S. The molecule has 5 unspecified atom stereocenters. The molecule has 3 N–H and O–H groups in total. The van der Waals surface area contributed by atoms with E-state index in [1.54, 1.807) is 33.8 Å². The number of nitrogens with one attached hydrogen (secondary N) is 3. The van der Waals surface area contributed by atoms with Gasteiger partial charge >= 0.3 is 12.5 Å². The number of halogens is 3. The first-order valence-corrected chi connectivity index (χ1v) is 21.3. The molecule has 7 rings (SSSR count). The van der Waals surface area contributed by atoms with Crippen LogP contribution in [0.2, 0.25) is 0 Å². The van der Waals surface area contributed by atoms with E-state index >= 15 is 0 Å². The summed E-state index contributed by atoms with van der Waals surface area (Å²) < 4.78 is 83.4. The summed E-state index contributed by atoms with van der Waals surface area (Å²) in [6, 6.07) is 1.43. The number of hydrogen-bond acceptors (Lipinski definition) is 10. The van der Waals surface area contributed by atoms with Crippen LogP contribution in [0.1, 0.15) is 96.7 Å². The third-order valence-corrected chi connectivity index (χ3v) is 13.8. The van der Waals surface area contributed by atoms with Gasteiger partial charge in [0, 0.05) is 17.4 Å². The second-order valence-electron chi connectivity index (χ2n) is 17.4. The average molecular weight is 844 g/mol. The van der Waals surface area contributed by atoms with Crippen molar-refractivity contribution in [2.24, 2.45) is 5.92 Å². The number of carbonyl (C=O) groups excluding carboxylic acids is 4. The van der Waals surface area contributed by atoms with E-state index in [2.05, 4.69) is 36.9 Å². The van der Waals surface area contributed by atoms with Crippen LogP contribution in [0.15, 0.2) is 30.4 Å². The third kappa shape index (κ3) is 8.53. The van der Waals surface area contributed by atoms with E-state index in [4.69, 9.17) is 9.47 Å². The van der Waals surface area contributed by atoms with E-state index in [1.165, 1.54) is 30.0 Å². The minimum Gasteiger partial charge on any atom is -0.483 e. The Bertz CT molecular complexity index is 2300. The largest absolute Gasteiger partial charge is 0.573 e. The summed E-state index contributed by atoms with van der Waals surface area (Å²) in [7, 11) is -4.14. The molecule has 1 saturated heterocycles. The van der Waals surface area contributed by atoms with Crippen LogP contribution >= 0.6 is 0 Å². The van der Waals surface area contributed by atoms with Crippen molar-refractivity contribution in [1.82, 2.24) is 25.2 Å². The number of rotatable bonds is 5. The lowest BCUT2D eigenvalue weighted by atomic mass is 9.75. The number of alkyl carbamates (subject to hydrolysis) is 1. The van der Waals surface area contributed by atoms with Gasteiger partial charge in [-0.05, 0) is 97.8 Å². The first-order valence-electron chi connectivity index (χ1n) is 19.8. The van der Waals surface area contributed by atoms with E-state index in [9.17, 15) is 40.8 Å². The fraction of sp³-hybridized carbons (Fsp3) is 0.585. The van der Waals surface area contributed by atoms with Crippen LogP contribution in [0.4, 0.5) is 18.0 Å². The van der Waals surface area contributed by atoms with Crippen LogP contribution in [0.5, 0.6) is 11.5 Å². The molecule has 0 bridgehead atoms. The lowest BCUT2D eigenvalue weighted by Crippen LogP contribution is -2.68. The maximum Gasteiger partial charge on any atom is 0.573 e. The predicted octanol–water partition coefficient (Wildman–Crippen LogP) is 5.01. The molecule has 5 atom stereocenters. The zero-order chi connectivity index (χ0) is 42.8. The number of sulfonamides is 1. The summed E-state index contributed by atoms with van der Waals surface area (Å²) >= 11 is 0. The van der Waals surface area contributed by atoms with Crippen LogP contribution in [-0.4, -0.2) is 88.6 Å². The van der Waals surface area contributed by atoms with Gasteiger partial charge in [-0.25, -0.2) is 22.9 Å². The minimum absolute atomic E-state index is 0.0973. The number of hydrogen-bond donors (Lipinski definition) is 3. The Kier molecular flexibility index (Phi) is 10.6.